The number of hydrogen-bond acceptors (Lipinski definition) is 2. The molecule has 0 bridgehead atoms. The summed E-state index contributed by atoms with van der Waals surface area (Å²) < 4.78 is 0. The third-order valence-corrected chi connectivity index (χ3v) is 4.90. The Kier molecular flexibility index (Phi) is 3.16. The molecule has 0 aliphatic carbocycles. The Hall–Kier alpha value is -1.29. The molecule has 106 valence electrons. The lowest BCUT2D eigenvalue weighted by Gasteiger charge is -2.37. The lowest BCUT2D eigenvalue weighted by molar-refractivity contribution is -0.119. The highest BCUT2D eigenvalue weighted by Crippen LogP contribution is 2.41. The molecular formula is C16H23BN2O. The molecule has 2 aliphatic rings. The standard InChI is InChI=1S/C16H23BN2O/c1-16(2)10-15(20)18(3)14-9-12-5-7-19(17)6-4-11(12)8-13(14)16/h8-9H,4-7,10,17H2,1-3H3. The Bertz CT molecular complexity index is 568. The largest absolute Gasteiger partial charge is 0.348 e. The van der Waals surface area contributed by atoms with Gasteiger partial charge in [-0.25, -0.2) is 0 Å². The maximum absolute atomic E-state index is 12.2. The predicted molar refractivity (Wildman–Crippen MR) is 85.0 cm³/mol. The van der Waals surface area contributed by atoms with Gasteiger partial charge >= 0.3 is 0 Å². The van der Waals surface area contributed by atoms with Gasteiger partial charge in [0.2, 0.25) is 5.91 Å². The molecule has 2 aliphatic heterocycles. The average molecular weight is 270 g/mol. The third kappa shape index (κ3) is 2.16. The van der Waals surface area contributed by atoms with Crippen LogP contribution < -0.4 is 4.90 Å². The maximum Gasteiger partial charge on any atom is 0.227 e. The van der Waals surface area contributed by atoms with Crippen LogP contribution in [0.3, 0.4) is 0 Å². The van der Waals surface area contributed by atoms with Crippen molar-refractivity contribution in [3.63, 3.8) is 0 Å². The van der Waals surface area contributed by atoms with Crippen molar-refractivity contribution in [1.29, 1.82) is 0 Å². The highest BCUT2D eigenvalue weighted by molar-refractivity contribution is 6.04. The van der Waals surface area contributed by atoms with Crippen molar-refractivity contribution < 1.29 is 4.79 Å². The molecule has 0 atom stereocenters. The molecule has 2 heterocycles. The summed E-state index contributed by atoms with van der Waals surface area (Å²) in [4.78, 5) is 16.4. The SMILES string of the molecule is BN1CCc2cc3c(cc2CC1)C(C)(C)CC(=O)N3C. The van der Waals surface area contributed by atoms with Crippen LogP contribution in [0.4, 0.5) is 5.69 Å². The van der Waals surface area contributed by atoms with E-state index < -0.39 is 0 Å². The second-order valence-electron chi connectivity index (χ2n) is 6.95. The van der Waals surface area contributed by atoms with Crippen molar-refractivity contribution in [3.8, 4) is 0 Å². The van der Waals surface area contributed by atoms with Gasteiger partial charge in [0.25, 0.3) is 0 Å². The van der Waals surface area contributed by atoms with Crippen LogP contribution in [0, 0.1) is 0 Å². The summed E-state index contributed by atoms with van der Waals surface area (Å²) >= 11 is 0. The van der Waals surface area contributed by atoms with Crippen LogP contribution in [-0.4, -0.2) is 38.8 Å². The second-order valence-corrected chi connectivity index (χ2v) is 6.95. The lowest BCUT2D eigenvalue weighted by atomic mass is 9.76. The van der Waals surface area contributed by atoms with E-state index in [1.54, 1.807) is 0 Å². The molecular weight excluding hydrogens is 247 g/mol. The van der Waals surface area contributed by atoms with E-state index in [-0.39, 0.29) is 11.3 Å². The van der Waals surface area contributed by atoms with Crippen molar-refractivity contribution in [2.45, 2.75) is 38.5 Å². The molecule has 4 heteroatoms. The van der Waals surface area contributed by atoms with Crippen LogP contribution in [0.25, 0.3) is 0 Å². The first-order valence-corrected chi connectivity index (χ1v) is 7.50. The summed E-state index contributed by atoms with van der Waals surface area (Å²) in [6.45, 7) is 6.60. The Morgan fingerprint density at radius 3 is 2.40 bits per heavy atom. The van der Waals surface area contributed by atoms with Gasteiger partial charge in [0.05, 0.1) is 0 Å². The van der Waals surface area contributed by atoms with Gasteiger partial charge in [0, 0.05) is 24.6 Å². The van der Waals surface area contributed by atoms with E-state index in [9.17, 15) is 4.79 Å². The third-order valence-electron chi connectivity index (χ3n) is 4.90. The number of hydrogen-bond donors (Lipinski definition) is 0. The Balaban J connectivity index is 2.12. The molecule has 0 N–H and O–H groups in total. The Morgan fingerprint density at radius 2 is 1.75 bits per heavy atom. The number of anilines is 1. The first-order valence-electron chi connectivity index (χ1n) is 7.50. The van der Waals surface area contributed by atoms with E-state index in [1.165, 1.54) is 16.7 Å². The van der Waals surface area contributed by atoms with Crippen molar-refractivity contribution >= 4 is 19.6 Å². The van der Waals surface area contributed by atoms with Gasteiger partial charge in [-0.1, -0.05) is 19.9 Å². The van der Waals surface area contributed by atoms with Crippen LogP contribution in [0.2, 0.25) is 0 Å². The Labute approximate surface area is 122 Å². The quantitative estimate of drug-likeness (QED) is 0.663. The monoisotopic (exact) mass is 270 g/mol. The van der Waals surface area contributed by atoms with E-state index in [0.717, 1.165) is 31.6 Å². The van der Waals surface area contributed by atoms with Gasteiger partial charge in [-0.15, -0.1) is 0 Å². The van der Waals surface area contributed by atoms with E-state index in [0.29, 0.717) is 6.42 Å². The van der Waals surface area contributed by atoms with Crippen molar-refractivity contribution in [1.82, 2.24) is 4.81 Å². The minimum atomic E-state index is -0.0494. The molecule has 0 spiro atoms. The fourth-order valence-corrected chi connectivity index (χ4v) is 3.42. The number of benzene rings is 1. The van der Waals surface area contributed by atoms with Crippen molar-refractivity contribution in [2.24, 2.45) is 0 Å². The van der Waals surface area contributed by atoms with Crippen molar-refractivity contribution in [3.05, 3.63) is 28.8 Å². The summed E-state index contributed by atoms with van der Waals surface area (Å²) in [5.41, 5.74) is 5.30. The number of rotatable bonds is 0. The first-order chi connectivity index (χ1) is 9.38. The maximum atomic E-state index is 12.2. The van der Waals surface area contributed by atoms with E-state index in [1.807, 2.05) is 11.9 Å². The summed E-state index contributed by atoms with van der Waals surface area (Å²) in [7, 11) is 4.09. The summed E-state index contributed by atoms with van der Waals surface area (Å²) in [6.07, 6.45) is 2.81. The molecule has 1 aromatic carbocycles. The molecule has 1 amide bonds. The van der Waals surface area contributed by atoms with Gasteiger partial charge in [-0.2, -0.15) is 0 Å². The normalized spacial score (nSPS) is 22.1. The fraction of sp³-hybridized carbons (Fsp3) is 0.562. The lowest BCUT2D eigenvalue weighted by Crippen LogP contribution is -2.39. The summed E-state index contributed by atoms with van der Waals surface area (Å²) in [6, 6.07) is 4.63. The fourth-order valence-electron chi connectivity index (χ4n) is 3.42. The number of carbonyl (C=O) groups is 1. The van der Waals surface area contributed by atoms with Gasteiger partial charge < -0.3 is 9.71 Å². The van der Waals surface area contributed by atoms with Crippen LogP contribution >= 0.6 is 0 Å². The molecule has 0 saturated heterocycles. The highest BCUT2D eigenvalue weighted by atomic mass is 16.2. The highest BCUT2D eigenvalue weighted by Gasteiger charge is 2.35. The first kappa shape index (κ1) is 13.7. The van der Waals surface area contributed by atoms with Gasteiger partial charge in [0.1, 0.15) is 0 Å². The average Bonchev–Trinajstić information content (AvgIpc) is 2.57. The van der Waals surface area contributed by atoms with E-state index in [4.69, 9.17) is 0 Å². The molecule has 3 nitrogen and oxygen atoms in total. The number of fused-ring (bicyclic) bond motifs is 2. The zero-order valence-corrected chi connectivity index (χ0v) is 13.0. The Morgan fingerprint density at radius 1 is 1.15 bits per heavy atom. The van der Waals surface area contributed by atoms with Gasteiger partial charge in [-0.05, 0) is 48.7 Å². The number of nitrogens with zero attached hydrogens (tertiary/aromatic N) is 2. The van der Waals surface area contributed by atoms with Crippen molar-refractivity contribution in [2.75, 3.05) is 25.0 Å². The smallest absolute Gasteiger partial charge is 0.227 e. The molecule has 0 fully saturated rings. The van der Waals surface area contributed by atoms with E-state index >= 15 is 0 Å². The van der Waals surface area contributed by atoms with Crippen LogP contribution in [0.15, 0.2) is 12.1 Å². The molecule has 0 radical (unpaired) electrons. The molecule has 1 aromatic rings. The van der Waals surface area contributed by atoms with Gasteiger partial charge in [0.15, 0.2) is 7.98 Å². The zero-order valence-electron chi connectivity index (χ0n) is 13.0. The molecule has 0 saturated carbocycles. The number of amides is 1. The van der Waals surface area contributed by atoms with Crippen LogP contribution in [0.1, 0.15) is 37.0 Å². The molecule has 0 aromatic heterocycles. The molecule has 3 rings (SSSR count). The predicted octanol–water partition coefficient (Wildman–Crippen LogP) is 1.28. The zero-order chi connectivity index (χ0) is 14.5. The van der Waals surface area contributed by atoms with E-state index in [2.05, 4.69) is 38.8 Å². The minimum Gasteiger partial charge on any atom is -0.348 e. The molecule has 20 heavy (non-hydrogen) atoms. The second kappa shape index (κ2) is 4.62. The van der Waals surface area contributed by atoms with Crippen LogP contribution in [-0.2, 0) is 23.1 Å². The summed E-state index contributed by atoms with van der Waals surface area (Å²) in [5, 5.41) is 0. The topological polar surface area (TPSA) is 23.6 Å². The molecule has 0 unspecified atom stereocenters. The number of carbonyl (C=O) groups excluding carboxylic acids is 1. The minimum absolute atomic E-state index is 0.0494. The van der Waals surface area contributed by atoms with Gasteiger partial charge in [-0.3, -0.25) is 4.79 Å². The van der Waals surface area contributed by atoms with Crippen LogP contribution in [0.5, 0.6) is 0 Å². The summed E-state index contributed by atoms with van der Waals surface area (Å²) in [5.74, 6) is 0.230.